The SMILES string of the molecule is CC1(C(=O)c2scnc2-c2ccco2)CCOC(N)C1. The molecule has 2 unspecified atom stereocenters. The van der Waals surface area contributed by atoms with Crippen LogP contribution in [0.15, 0.2) is 28.3 Å². The third-order valence-electron chi connectivity index (χ3n) is 3.71. The average Bonchev–Trinajstić information content (AvgIpc) is 3.08. The summed E-state index contributed by atoms with van der Waals surface area (Å²) in [6.45, 7) is 2.46. The van der Waals surface area contributed by atoms with Crippen molar-refractivity contribution in [2.75, 3.05) is 6.61 Å². The maximum Gasteiger partial charge on any atom is 0.181 e. The highest BCUT2D eigenvalue weighted by molar-refractivity contribution is 7.12. The van der Waals surface area contributed by atoms with Gasteiger partial charge in [-0.25, -0.2) is 4.98 Å². The summed E-state index contributed by atoms with van der Waals surface area (Å²) in [5, 5.41) is 0. The molecular weight excluding hydrogens is 276 g/mol. The van der Waals surface area contributed by atoms with Crippen molar-refractivity contribution in [1.82, 2.24) is 4.98 Å². The molecule has 0 amide bonds. The standard InChI is InChI=1S/C14H16N2O3S/c1-14(4-6-19-10(15)7-14)13(17)12-11(16-8-20-12)9-3-2-5-18-9/h2-3,5,8,10H,4,6-7,15H2,1H3. The molecule has 0 aliphatic carbocycles. The lowest BCUT2D eigenvalue weighted by molar-refractivity contribution is -0.0291. The Morgan fingerprint density at radius 2 is 2.45 bits per heavy atom. The highest BCUT2D eigenvalue weighted by Gasteiger charge is 2.40. The smallest absolute Gasteiger partial charge is 0.181 e. The van der Waals surface area contributed by atoms with Gasteiger partial charge in [0.1, 0.15) is 16.8 Å². The van der Waals surface area contributed by atoms with Crippen LogP contribution in [0.1, 0.15) is 29.4 Å². The Hall–Kier alpha value is -1.50. The number of carbonyl (C=O) groups is 1. The number of Topliss-reactive ketones (excluding diaryl/α,β-unsaturated/α-hetero) is 1. The number of nitrogens with zero attached hydrogens (tertiary/aromatic N) is 1. The highest BCUT2D eigenvalue weighted by Crippen LogP contribution is 2.38. The lowest BCUT2D eigenvalue weighted by Gasteiger charge is -2.35. The van der Waals surface area contributed by atoms with Crippen molar-refractivity contribution in [2.24, 2.45) is 11.1 Å². The zero-order valence-corrected chi connectivity index (χ0v) is 12.0. The van der Waals surface area contributed by atoms with Crippen molar-refractivity contribution in [1.29, 1.82) is 0 Å². The summed E-state index contributed by atoms with van der Waals surface area (Å²) in [6.07, 6.45) is 2.41. The summed E-state index contributed by atoms with van der Waals surface area (Å²) in [5.41, 5.74) is 7.63. The molecule has 6 heteroatoms. The minimum Gasteiger partial charge on any atom is -0.463 e. The van der Waals surface area contributed by atoms with E-state index in [1.807, 2.05) is 13.0 Å². The fourth-order valence-electron chi connectivity index (χ4n) is 2.52. The van der Waals surface area contributed by atoms with Crippen LogP contribution in [0, 0.1) is 5.41 Å². The number of furan rings is 1. The molecule has 20 heavy (non-hydrogen) atoms. The van der Waals surface area contributed by atoms with E-state index in [9.17, 15) is 4.79 Å². The molecular formula is C14H16N2O3S. The molecule has 2 aromatic rings. The molecule has 2 aromatic heterocycles. The Balaban J connectivity index is 1.93. The highest BCUT2D eigenvalue weighted by atomic mass is 32.1. The van der Waals surface area contributed by atoms with Crippen LogP contribution in [0.4, 0.5) is 0 Å². The number of hydrogen-bond donors (Lipinski definition) is 1. The third kappa shape index (κ3) is 2.30. The van der Waals surface area contributed by atoms with E-state index in [1.54, 1.807) is 17.8 Å². The van der Waals surface area contributed by atoms with Gasteiger partial charge in [-0.3, -0.25) is 4.79 Å². The van der Waals surface area contributed by atoms with Crippen LogP contribution in [-0.2, 0) is 4.74 Å². The number of thiazole rings is 1. The van der Waals surface area contributed by atoms with Crippen molar-refractivity contribution in [3.63, 3.8) is 0 Å². The molecule has 1 saturated heterocycles. The van der Waals surface area contributed by atoms with E-state index in [1.165, 1.54) is 11.3 Å². The Morgan fingerprint density at radius 1 is 1.60 bits per heavy atom. The van der Waals surface area contributed by atoms with Crippen LogP contribution in [-0.4, -0.2) is 23.6 Å². The summed E-state index contributed by atoms with van der Waals surface area (Å²) in [5.74, 6) is 0.694. The largest absolute Gasteiger partial charge is 0.463 e. The van der Waals surface area contributed by atoms with Crippen LogP contribution >= 0.6 is 11.3 Å². The Kier molecular flexibility index (Phi) is 3.45. The predicted octanol–water partition coefficient (Wildman–Crippen LogP) is 2.69. The molecule has 0 spiro atoms. The van der Waals surface area contributed by atoms with Crippen LogP contribution in [0.5, 0.6) is 0 Å². The van der Waals surface area contributed by atoms with Gasteiger partial charge in [-0.05, 0) is 25.0 Å². The fraction of sp³-hybridized carbons (Fsp3) is 0.429. The zero-order chi connectivity index (χ0) is 14.2. The molecule has 0 bridgehead atoms. The average molecular weight is 292 g/mol. The third-order valence-corrected chi connectivity index (χ3v) is 4.54. The number of nitrogens with two attached hydrogens (primary N) is 1. The maximum absolute atomic E-state index is 12.9. The molecule has 1 aliphatic rings. The van der Waals surface area contributed by atoms with E-state index in [-0.39, 0.29) is 12.0 Å². The molecule has 1 aliphatic heterocycles. The molecule has 0 aromatic carbocycles. The van der Waals surface area contributed by atoms with Crippen molar-refractivity contribution >= 4 is 17.1 Å². The van der Waals surface area contributed by atoms with Crippen LogP contribution in [0.25, 0.3) is 11.5 Å². The summed E-state index contributed by atoms with van der Waals surface area (Å²) < 4.78 is 10.7. The minimum atomic E-state index is -0.495. The van der Waals surface area contributed by atoms with Gasteiger partial charge >= 0.3 is 0 Å². The van der Waals surface area contributed by atoms with Crippen LogP contribution in [0.2, 0.25) is 0 Å². The van der Waals surface area contributed by atoms with Gasteiger partial charge in [0.15, 0.2) is 11.5 Å². The molecule has 2 N–H and O–H groups in total. The number of hydrogen-bond acceptors (Lipinski definition) is 6. The number of carbonyl (C=O) groups excluding carboxylic acids is 1. The second-order valence-electron chi connectivity index (χ2n) is 5.26. The maximum atomic E-state index is 12.9. The zero-order valence-electron chi connectivity index (χ0n) is 11.2. The minimum absolute atomic E-state index is 0.0742. The van der Waals surface area contributed by atoms with Gasteiger partial charge in [0, 0.05) is 12.0 Å². The van der Waals surface area contributed by atoms with E-state index < -0.39 is 5.41 Å². The molecule has 3 heterocycles. The summed E-state index contributed by atoms with van der Waals surface area (Å²) in [4.78, 5) is 17.8. The molecule has 106 valence electrons. The summed E-state index contributed by atoms with van der Waals surface area (Å²) in [7, 11) is 0. The summed E-state index contributed by atoms with van der Waals surface area (Å²) in [6, 6.07) is 3.60. The monoisotopic (exact) mass is 292 g/mol. The molecule has 1 fully saturated rings. The fourth-order valence-corrected chi connectivity index (χ4v) is 3.40. The summed E-state index contributed by atoms with van der Waals surface area (Å²) >= 11 is 1.35. The first kappa shape index (κ1) is 13.5. The van der Waals surface area contributed by atoms with E-state index in [0.29, 0.717) is 35.8 Å². The van der Waals surface area contributed by atoms with Gasteiger partial charge in [-0.1, -0.05) is 6.92 Å². The normalized spacial score (nSPS) is 26.6. The van der Waals surface area contributed by atoms with Gasteiger partial charge in [0.25, 0.3) is 0 Å². The van der Waals surface area contributed by atoms with Crippen molar-refractivity contribution in [3.8, 4) is 11.5 Å². The molecule has 5 nitrogen and oxygen atoms in total. The molecule has 0 saturated carbocycles. The van der Waals surface area contributed by atoms with Gasteiger partial charge in [0.2, 0.25) is 0 Å². The van der Waals surface area contributed by atoms with Crippen molar-refractivity contribution in [2.45, 2.75) is 26.0 Å². The van der Waals surface area contributed by atoms with Gasteiger partial charge in [0.05, 0.1) is 11.8 Å². The van der Waals surface area contributed by atoms with Crippen LogP contribution < -0.4 is 5.73 Å². The Labute approximate surface area is 120 Å². The van der Waals surface area contributed by atoms with Gasteiger partial charge < -0.3 is 14.9 Å². The van der Waals surface area contributed by atoms with E-state index in [2.05, 4.69) is 4.98 Å². The Morgan fingerprint density at radius 3 is 3.15 bits per heavy atom. The number of rotatable bonds is 3. The van der Waals surface area contributed by atoms with Gasteiger partial charge in [-0.15, -0.1) is 11.3 Å². The quantitative estimate of drug-likeness (QED) is 0.880. The lowest BCUT2D eigenvalue weighted by Crippen LogP contribution is -2.42. The van der Waals surface area contributed by atoms with E-state index in [4.69, 9.17) is 14.9 Å². The first-order valence-corrected chi connectivity index (χ1v) is 7.37. The number of ether oxygens (including phenoxy) is 1. The first-order chi connectivity index (χ1) is 9.60. The molecule has 0 radical (unpaired) electrons. The van der Waals surface area contributed by atoms with Gasteiger partial charge in [-0.2, -0.15) is 0 Å². The first-order valence-electron chi connectivity index (χ1n) is 6.49. The van der Waals surface area contributed by atoms with E-state index in [0.717, 1.165) is 0 Å². The van der Waals surface area contributed by atoms with E-state index >= 15 is 0 Å². The molecule has 3 rings (SSSR count). The second-order valence-corrected chi connectivity index (χ2v) is 6.12. The topological polar surface area (TPSA) is 78.3 Å². The molecule has 2 atom stereocenters. The second kappa shape index (κ2) is 5.12. The van der Waals surface area contributed by atoms with Crippen molar-refractivity contribution < 1.29 is 13.9 Å². The lowest BCUT2D eigenvalue weighted by atomic mass is 9.76. The number of ketones is 1. The Bertz CT molecular complexity index is 608. The van der Waals surface area contributed by atoms with Crippen LogP contribution in [0.3, 0.4) is 0 Å². The van der Waals surface area contributed by atoms with Crippen molar-refractivity contribution in [3.05, 3.63) is 28.8 Å². The predicted molar refractivity (Wildman–Crippen MR) is 75.4 cm³/mol. The number of aromatic nitrogens is 1.